The van der Waals surface area contributed by atoms with Crippen LogP contribution >= 0.6 is 0 Å². The van der Waals surface area contributed by atoms with Gasteiger partial charge in [0, 0.05) is 24.3 Å². The minimum absolute atomic E-state index is 0.00342. The first-order valence-electron chi connectivity index (χ1n) is 7.24. The molecule has 120 valence electrons. The summed E-state index contributed by atoms with van der Waals surface area (Å²) >= 11 is 0. The Morgan fingerprint density at radius 3 is 2.62 bits per heavy atom. The molecule has 0 aliphatic rings. The lowest BCUT2D eigenvalue weighted by atomic mass is 10.1. The van der Waals surface area contributed by atoms with Crippen LogP contribution in [0.25, 0.3) is 0 Å². The maximum atomic E-state index is 13.9. The molecule has 1 aromatic rings. The van der Waals surface area contributed by atoms with Crippen LogP contribution in [0.4, 0.5) is 4.39 Å². The molecule has 1 rings (SSSR count). The molecule has 1 aromatic carbocycles. The molecule has 1 unspecified atom stereocenters. The number of hydrogen-bond donors (Lipinski definition) is 2. The highest BCUT2D eigenvalue weighted by molar-refractivity contribution is 5.35. The van der Waals surface area contributed by atoms with Gasteiger partial charge in [-0.15, -0.1) is 0 Å². The molecule has 1 atom stereocenters. The smallest absolute Gasteiger partial charge is 0.165 e. The Morgan fingerprint density at radius 2 is 2.00 bits per heavy atom. The molecule has 21 heavy (non-hydrogen) atoms. The first-order chi connectivity index (χ1) is 9.83. The third-order valence-electron chi connectivity index (χ3n) is 2.79. The van der Waals surface area contributed by atoms with E-state index in [1.807, 2.05) is 33.8 Å². The summed E-state index contributed by atoms with van der Waals surface area (Å²) in [4.78, 5) is 0. The van der Waals surface area contributed by atoms with Crippen molar-refractivity contribution in [2.45, 2.75) is 45.9 Å². The van der Waals surface area contributed by atoms with Crippen LogP contribution in [0, 0.1) is 5.82 Å². The fourth-order valence-electron chi connectivity index (χ4n) is 1.70. The minimum atomic E-state index is -0.770. The van der Waals surface area contributed by atoms with Crippen molar-refractivity contribution in [3.8, 4) is 5.75 Å². The summed E-state index contributed by atoms with van der Waals surface area (Å²) in [5.74, 6) is -0.239. The molecule has 4 nitrogen and oxygen atoms in total. The van der Waals surface area contributed by atoms with Crippen LogP contribution in [0.15, 0.2) is 18.2 Å². The van der Waals surface area contributed by atoms with Gasteiger partial charge in [-0.2, -0.15) is 0 Å². The molecule has 0 spiro atoms. The molecule has 0 amide bonds. The van der Waals surface area contributed by atoms with E-state index in [2.05, 4.69) is 5.32 Å². The standard InChI is InChI=1S/C16H26FNO3/c1-5-20-10-13(19)11-21-15-12(7-6-8-14(15)17)9-18-16(2,3)4/h6-8,13,18-19H,5,9-11H2,1-4H3. The molecule has 5 heteroatoms. The van der Waals surface area contributed by atoms with E-state index in [9.17, 15) is 9.50 Å². The highest BCUT2D eigenvalue weighted by Crippen LogP contribution is 2.23. The summed E-state index contributed by atoms with van der Waals surface area (Å²) in [5.41, 5.74) is 0.659. The predicted molar refractivity (Wildman–Crippen MR) is 81.0 cm³/mol. The number of aliphatic hydroxyl groups excluding tert-OH is 1. The lowest BCUT2D eigenvalue weighted by Gasteiger charge is -2.22. The van der Waals surface area contributed by atoms with Gasteiger partial charge in [0.2, 0.25) is 0 Å². The number of nitrogens with one attached hydrogen (secondary N) is 1. The second-order valence-corrected chi connectivity index (χ2v) is 5.96. The number of benzene rings is 1. The highest BCUT2D eigenvalue weighted by Gasteiger charge is 2.15. The first-order valence-corrected chi connectivity index (χ1v) is 7.24. The van der Waals surface area contributed by atoms with E-state index in [1.165, 1.54) is 6.07 Å². The molecule has 0 aliphatic carbocycles. The van der Waals surface area contributed by atoms with Crippen molar-refractivity contribution in [1.82, 2.24) is 5.32 Å². The zero-order valence-corrected chi connectivity index (χ0v) is 13.3. The van der Waals surface area contributed by atoms with E-state index < -0.39 is 11.9 Å². The third-order valence-corrected chi connectivity index (χ3v) is 2.79. The average molecular weight is 299 g/mol. The SMILES string of the molecule is CCOCC(O)COc1c(F)cccc1CNC(C)(C)C. The largest absolute Gasteiger partial charge is 0.487 e. The normalized spacial score (nSPS) is 13.2. The Balaban J connectivity index is 2.67. The molecule has 0 aliphatic heterocycles. The van der Waals surface area contributed by atoms with E-state index in [0.29, 0.717) is 13.2 Å². The Labute approximate surface area is 126 Å². The Bertz CT molecular complexity index is 432. The summed E-state index contributed by atoms with van der Waals surface area (Å²) in [6, 6.07) is 4.81. The molecule has 0 bridgehead atoms. The van der Waals surface area contributed by atoms with E-state index >= 15 is 0 Å². The van der Waals surface area contributed by atoms with Crippen LogP contribution in [0.5, 0.6) is 5.75 Å². The molecule has 0 radical (unpaired) electrons. The van der Waals surface area contributed by atoms with E-state index in [0.717, 1.165) is 5.56 Å². The van der Waals surface area contributed by atoms with Crippen molar-refractivity contribution in [2.24, 2.45) is 0 Å². The fraction of sp³-hybridized carbons (Fsp3) is 0.625. The molecule has 0 saturated heterocycles. The van der Waals surface area contributed by atoms with Crippen LogP contribution in [0.1, 0.15) is 33.3 Å². The number of aliphatic hydroxyl groups is 1. The Morgan fingerprint density at radius 1 is 1.29 bits per heavy atom. The van der Waals surface area contributed by atoms with Gasteiger partial charge in [-0.3, -0.25) is 0 Å². The molecular formula is C16H26FNO3. The van der Waals surface area contributed by atoms with Crippen LogP contribution in [-0.4, -0.2) is 36.6 Å². The Hall–Kier alpha value is -1.17. The van der Waals surface area contributed by atoms with Gasteiger partial charge in [0.25, 0.3) is 0 Å². The van der Waals surface area contributed by atoms with Crippen molar-refractivity contribution in [3.63, 3.8) is 0 Å². The molecule has 0 aromatic heterocycles. The first kappa shape index (κ1) is 17.9. The minimum Gasteiger partial charge on any atom is -0.487 e. The van der Waals surface area contributed by atoms with Crippen molar-refractivity contribution in [1.29, 1.82) is 0 Å². The van der Waals surface area contributed by atoms with Gasteiger partial charge >= 0.3 is 0 Å². The Kier molecular flexibility index (Phi) is 7.08. The monoisotopic (exact) mass is 299 g/mol. The van der Waals surface area contributed by atoms with Crippen LogP contribution in [-0.2, 0) is 11.3 Å². The van der Waals surface area contributed by atoms with Crippen molar-refractivity contribution in [2.75, 3.05) is 19.8 Å². The molecule has 0 heterocycles. The van der Waals surface area contributed by atoms with Gasteiger partial charge in [0.15, 0.2) is 11.6 Å². The lowest BCUT2D eigenvalue weighted by Crippen LogP contribution is -2.35. The number of para-hydroxylation sites is 1. The van der Waals surface area contributed by atoms with Crippen molar-refractivity contribution >= 4 is 0 Å². The van der Waals surface area contributed by atoms with Crippen LogP contribution in [0.2, 0.25) is 0 Å². The fourth-order valence-corrected chi connectivity index (χ4v) is 1.70. The van der Waals surface area contributed by atoms with Crippen LogP contribution < -0.4 is 10.1 Å². The summed E-state index contributed by atoms with van der Waals surface area (Å²) in [6.45, 7) is 9.18. The van der Waals surface area contributed by atoms with Gasteiger partial charge in [-0.1, -0.05) is 12.1 Å². The van der Waals surface area contributed by atoms with E-state index in [4.69, 9.17) is 9.47 Å². The number of hydrogen-bond acceptors (Lipinski definition) is 4. The second kappa shape index (κ2) is 8.32. The zero-order valence-electron chi connectivity index (χ0n) is 13.3. The zero-order chi connectivity index (χ0) is 15.9. The number of ether oxygens (including phenoxy) is 2. The quantitative estimate of drug-likeness (QED) is 0.774. The second-order valence-electron chi connectivity index (χ2n) is 5.96. The lowest BCUT2D eigenvalue weighted by molar-refractivity contribution is 0.0154. The van der Waals surface area contributed by atoms with E-state index in [-0.39, 0.29) is 24.5 Å². The summed E-state index contributed by atoms with van der Waals surface area (Å²) in [7, 11) is 0. The number of rotatable bonds is 8. The predicted octanol–water partition coefficient (Wildman–Crippen LogP) is 2.49. The third kappa shape index (κ3) is 6.89. The van der Waals surface area contributed by atoms with Crippen LogP contribution in [0.3, 0.4) is 0 Å². The summed E-state index contributed by atoms with van der Waals surface area (Å²) in [5, 5.41) is 13.0. The topological polar surface area (TPSA) is 50.7 Å². The highest BCUT2D eigenvalue weighted by atomic mass is 19.1. The van der Waals surface area contributed by atoms with Crippen molar-refractivity contribution in [3.05, 3.63) is 29.6 Å². The molecular weight excluding hydrogens is 273 g/mol. The number of halogens is 1. The molecule has 2 N–H and O–H groups in total. The van der Waals surface area contributed by atoms with Gasteiger partial charge in [0.05, 0.1) is 6.61 Å². The van der Waals surface area contributed by atoms with Gasteiger partial charge in [-0.25, -0.2) is 4.39 Å². The van der Waals surface area contributed by atoms with Gasteiger partial charge in [0.1, 0.15) is 12.7 Å². The maximum Gasteiger partial charge on any atom is 0.165 e. The van der Waals surface area contributed by atoms with Gasteiger partial charge < -0.3 is 19.9 Å². The van der Waals surface area contributed by atoms with E-state index in [1.54, 1.807) is 6.07 Å². The molecule has 0 saturated carbocycles. The average Bonchev–Trinajstić information content (AvgIpc) is 2.41. The summed E-state index contributed by atoms with van der Waals surface area (Å²) in [6.07, 6.45) is -0.770. The summed E-state index contributed by atoms with van der Waals surface area (Å²) < 4.78 is 24.5. The maximum absolute atomic E-state index is 13.9. The van der Waals surface area contributed by atoms with Gasteiger partial charge in [-0.05, 0) is 33.8 Å². The van der Waals surface area contributed by atoms with Crippen molar-refractivity contribution < 1.29 is 19.0 Å². The molecule has 0 fully saturated rings.